The van der Waals surface area contributed by atoms with E-state index in [1.807, 2.05) is 49.5 Å². The Morgan fingerprint density at radius 1 is 0.980 bits per heavy atom. The summed E-state index contributed by atoms with van der Waals surface area (Å²) in [6.45, 7) is 1.82. The summed E-state index contributed by atoms with van der Waals surface area (Å²) in [6.07, 6.45) is 6.05. The quantitative estimate of drug-likeness (QED) is 0.127. The van der Waals surface area contributed by atoms with Gasteiger partial charge in [-0.05, 0) is 43.0 Å². The average Bonchev–Trinajstić information content (AvgIpc) is 3.69. The highest BCUT2D eigenvalue weighted by Gasteiger charge is 2.34. The number of benzene rings is 2. The Labute approximate surface area is 305 Å². The molecule has 2 aromatic carbocycles. The fourth-order valence-corrected chi connectivity index (χ4v) is 7.83. The van der Waals surface area contributed by atoms with Gasteiger partial charge in [-0.3, -0.25) is 9.78 Å². The van der Waals surface area contributed by atoms with E-state index in [-0.39, 0.29) is 30.8 Å². The Balaban J connectivity index is 1.11. The molecular formula is C39H40Cl2F2N6O2. The lowest BCUT2D eigenvalue weighted by molar-refractivity contribution is -0.119. The molecule has 5 aromatic rings. The number of alkyl halides is 2. The largest absolute Gasteiger partial charge is 0.481 e. The van der Waals surface area contributed by atoms with Gasteiger partial charge in [-0.15, -0.1) is 0 Å². The molecule has 0 radical (unpaired) electrons. The molecule has 2 aliphatic rings. The number of fused-ring (bicyclic) bond motifs is 1. The number of ether oxygens (including phenoxy) is 1. The van der Waals surface area contributed by atoms with Gasteiger partial charge in [0.15, 0.2) is 0 Å². The van der Waals surface area contributed by atoms with Crippen LogP contribution in [-0.4, -0.2) is 52.1 Å². The fraction of sp³-hybridized carbons (Fsp3) is 0.359. The lowest BCUT2D eigenvalue weighted by Crippen LogP contribution is -2.36. The molecule has 1 saturated heterocycles. The molecule has 266 valence electrons. The number of carbonyl (C=O) groups excluding carboxylic acids is 1. The molecule has 12 heteroatoms. The number of nitrogens with zero attached hydrogens (tertiary/aromatic N) is 3. The highest BCUT2D eigenvalue weighted by Crippen LogP contribution is 2.42. The topological polar surface area (TPSA) is 93.1 Å². The van der Waals surface area contributed by atoms with Gasteiger partial charge in [0.05, 0.1) is 28.5 Å². The number of carbonyl (C=O) groups is 1. The molecule has 3 aromatic heterocycles. The number of rotatable bonds is 11. The summed E-state index contributed by atoms with van der Waals surface area (Å²) < 4.78 is 35.0. The van der Waals surface area contributed by atoms with E-state index >= 15 is 0 Å². The fourth-order valence-electron chi connectivity index (χ4n) is 7.19. The lowest BCUT2D eigenvalue weighted by Gasteiger charge is -2.28. The van der Waals surface area contributed by atoms with E-state index < -0.39 is 5.92 Å². The number of aromatic nitrogens is 3. The maximum atomic E-state index is 13.6. The average molecular weight is 734 g/mol. The molecule has 1 aliphatic carbocycles. The van der Waals surface area contributed by atoms with E-state index in [1.165, 1.54) is 0 Å². The van der Waals surface area contributed by atoms with Crippen LogP contribution in [0.3, 0.4) is 0 Å². The summed E-state index contributed by atoms with van der Waals surface area (Å²) in [5.74, 6) is -1.95. The normalized spacial score (nSPS) is 17.6. The Kier molecular flexibility index (Phi) is 10.3. The first kappa shape index (κ1) is 35.3. The number of amides is 1. The van der Waals surface area contributed by atoms with Crippen LogP contribution in [0.1, 0.15) is 49.7 Å². The van der Waals surface area contributed by atoms with Crippen LogP contribution in [0.2, 0.25) is 10.0 Å². The van der Waals surface area contributed by atoms with Crippen molar-refractivity contribution >= 4 is 40.0 Å². The van der Waals surface area contributed by atoms with Gasteiger partial charge in [-0.1, -0.05) is 59.6 Å². The van der Waals surface area contributed by atoms with Gasteiger partial charge in [0.2, 0.25) is 17.7 Å². The molecule has 0 bridgehead atoms. The second kappa shape index (κ2) is 14.9. The molecule has 1 aliphatic heterocycles. The third-order valence-corrected chi connectivity index (χ3v) is 10.8. The van der Waals surface area contributed by atoms with E-state index in [9.17, 15) is 13.6 Å². The number of hydrogen-bond donors (Lipinski definition) is 3. The van der Waals surface area contributed by atoms with Gasteiger partial charge in [-0.2, -0.15) is 0 Å². The first-order chi connectivity index (χ1) is 24.6. The van der Waals surface area contributed by atoms with Gasteiger partial charge in [0.1, 0.15) is 0 Å². The third kappa shape index (κ3) is 7.60. The van der Waals surface area contributed by atoms with Crippen molar-refractivity contribution in [1.82, 2.24) is 30.5 Å². The molecule has 1 amide bonds. The number of nitrogens with one attached hydrogen (secondary N) is 3. The standard InChI is InChI=1S/C39H40Cl2F2N6O2/c1-49-22-25(20-46-26-12-15-39(42,43)16-13-26)28-9-6-23(18-33(28)49)37-36(41)30(14-17-45-37)29-4-3-5-31(35(29)40)32-10-7-24(38(48-32)51-2)19-44-21-27-8-11-34(50)47-27/h3-7,9-10,14,17-18,22,26-27,44,46H,8,11-13,15-16,19-21H2,1-2H3,(H,47,50)/t27-/m1/s1. The zero-order valence-electron chi connectivity index (χ0n) is 28.5. The van der Waals surface area contributed by atoms with Crippen molar-refractivity contribution < 1.29 is 18.3 Å². The van der Waals surface area contributed by atoms with E-state index in [0.717, 1.165) is 50.7 Å². The molecule has 0 unspecified atom stereocenters. The maximum absolute atomic E-state index is 13.6. The Bertz CT molecular complexity index is 2080. The van der Waals surface area contributed by atoms with Crippen LogP contribution in [-0.2, 0) is 24.9 Å². The number of hydrogen-bond acceptors (Lipinski definition) is 6. The molecule has 1 saturated carbocycles. The van der Waals surface area contributed by atoms with Gasteiger partial charge in [0.25, 0.3) is 0 Å². The Morgan fingerprint density at radius 2 is 1.76 bits per heavy atom. The molecule has 2 fully saturated rings. The lowest BCUT2D eigenvalue weighted by atomic mass is 9.92. The molecule has 0 spiro atoms. The van der Waals surface area contributed by atoms with Crippen molar-refractivity contribution in [3.05, 3.63) is 88.2 Å². The van der Waals surface area contributed by atoms with Crippen LogP contribution in [0.4, 0.5) is 8.78 Å². The van der Waals surface area contributed by atoms with E-state index in [2.05, 4.69) is 43.8 Å². The van der Waals surface area contributed by atoms with Gasteiger partial charge >= 0.3 is 0 Å². The smallest absolute Gasteiger partial charge is 0.248 e. The van der Waals surface area contributed by atoms with Crippen molar-refractivity contribution in [2.45, 2.75) is 69.6 Å². The van der Waals surface area contributed by atoms with E-state index in [4.69, 9.17) is 32.9 Å². The van der Waals surface area contributed by atoms with Gasteiger partial charge in [0, 0.05) is 109 Å². The third-order valence-electron chi connectivity index (χ3n) is 10.0. The first-order valence-electron chi connectivity index (χ1n) is 17.3. The first-order valence-corrected chi connectivity index (χ1v) is 18.0. The highest BCUT2D eigenvalue weighted by molar-refractivity contribution is 6.39. The zero-order chi connectivity index (χ0) is 35.7. The minimum absolute atomic E-state index is 0.0621. The molecule has 51 heavy (non-hydrogen) atoms. The number of aryl methyl sites for hydroxylation is 1. The van der Waals surface area contributed by atoms with E-state index in [0.29, 0.717) is 66.2 Å². The molecule has 3 N–H and O–H groups in total. The second-order valence-corrected chi connectivity index (χ2v) is 14.3. The predicted octanol–water partition coefficient (Wildman–Crippen LogP) is 8.32. The van der Waals surface area contributed by atoms with Crippen LogP contribution >= 0.6 is 23.2 Å². The second-order valence-electron chi connectivity index (χ2n) is 13.5. The minimum atomic E-state index is -2.54. The maximum Gasteiger partial charge on any atom is 0.248 e. The summed E-state index contributed by atoms with van der Waals surface area (Å²) in [7, 11) is 3.59. The van der Waals surface area contributed by atoms with Gasteiger partial charge < -0.3 is 25.3 Å². The summed E-state index contributed by atoms with van der Waals surface area (Å²) >= 11 is 14.2. The number of pyridine rings is 2. The molecule has 4 heterocycles. The summed E-state index contributed by atoms with van der Waals surface area (Å²) in [5, 5.41) is 11.9. The summed E-state index contributed by atoms with van der Waals surface area (Å²) in [5.41, 5.74) is 7.43. The van der Waals surface area contributed by atoms with E-state index in [1.54, 1.807) is 13.3 Å². The highest BCUT2D eigenvalue weighted by atomic mass is 35.5. The van der Waals surface area contributed by atoms with Crippen LogP contribution in [0, 0.1) is 0 Å². The van der Waals surface area contributed by atoms with Crippen molar-refractivity contribution in [2.75, 3.05) is 13.7 Å². The number of methoxy groups -OCH3 is 1. The number of halogens is 4. The van der Waals surface area contributed by atoms with Crippen molar-refractivity contribution in [3.63, 3.8) is 0 Å². The van der Waals surface area contributed by atoms with Crippen LogP contribution in [0.25, 0.3) is 44.5 Å². The Hall–Kier alpha value is -4.09. The van der Waals surface area contributed by atoms with Crippen molar-refractivity contribution in [1.29, 1.82) is 0 Å². The predicted molar refractivity (Wildman–Crippen MR) is 198 cm³/mol. The molecule has 1 atom stereocenters. The SMILES string of the molecule is COc1nc(-c2cccc(-c3ccnc(-c4ccc5c(CNC6CCC(F)(F)CC6)cn(C)c5c4)c3Cl)c2Cl)ccc1CNC[C@H]1CCC(=O)N1. The summed E-state index contributed by atoms with van der Waals surface area (Å²) in [4.78, 5) is 21.0. The molecule has 7 rings (SSSR count). The van der Waals surface area contributed by atoms with Crippen molar-refractivity contribution in [2.24, 2.45) is 7.05 Å². The monoisotopic (exact) mass is 732 g/mol. The molecular weight excluding hydrogens is 693 g/mol. The van der Waals surface area contributed by atoms with Gasteiger partial charge in [-0.25, -0.2) is 13.8 Å². The van der Waals surface area contributed by atoms with Crippen molar-refractivity contribution in [3.8, 4) is 39.5 Å². The van der Waals surface area contributed by atoms with Crippen LogP contribution in [0.15, 0.2) is 67.0 Å². The Morgan fingerprint density at radius 3 is 2.53 bits per heavy atom. The zero-order valence-corrected chi connectivity index (χ0v) is 30.1. The van der Waals surface area contributed by atoms with Crippen LogP contribution < -0.4 is 20.7 Å². The molecule has 8 nitrogen and oxygen atoms in total. The van der Waals surface area contributed by atoms with Crippen LogP contribution in [0.5, 0.6) is 5.88 Å². The summed E-state index contributed by atoms with van der Waals surface area (Å²) in [6, 6.07) is 17.9. The minimum Gasteiger partial charge on any atom is -0.481 e.